The number of likely N-dealkylation sites (N-methyl/N-ethyl adjacent to an activating group) is 1. The first kappa shape index (κ1) is 15.8. The van der Waals surface area contributed by atoms with Gasteiger partial charge in [0.15, 0.2) is 0 Å². The van der Waals surface area contributed by atoms with Gasteiger partial charge in [0, 0.05) is 20.1 Å². The Bertz CT molecular complexity index is 344. The third-order valence-electron chi connectivity index (χ3n) is 2.72. The molecule has 0 N–H and O–H groups in total. The molecular weight excluding hydrogens is 244 g/mol. The molecule has 1 rings (SSSR count). The maximum absolute atomic E-state index is 11.8. The summed E-state index contributed by atoms with van der Waals surface area (Å²) < 4.78 is 10.9. The molecule has 1 heterocycles. The number of nitrogens with zero attached hydrogens (tertiary/aromatic N) is 2. The lowest BCUT2D eigenvalue weighted by Gasteiger charge is -2.34. The fourth-order valence-electron chi connectivity index (χ4n) is 1.88. The van der Waals surface area contributed by atoms with Gasteiger partial charge in [-0.05, 0) is 20.8 Å². The minimum absolute atomic E-state index is 0.0142. The van der Waals surface area contributed by atoms with Crippen molar-refractivity contribution in [3.05, 3.63) is 0 Å². The number of terminal acetylenes is 1. The van der Waals surface area contributed by atoms with Crippen LogP contribution in [0.1, 0.15) is 20.8 Å². The molecule has 5 heteroatoms. The molecule has 5 nitrogen and oxygen atoms in total. The summed E-state index contributed by atoms with van der Waals surface area (Å²) in [6.45, 7) is 8.92. The van der Waals surface area contributed by atoms with E-state index in [4.69, 9.17) is 15.9 Å². The van der Waals surface area contributed by atoms with E-state index in [1.807, 2.05) is 20.8 Å². The second kappa shape index (κ2) is 6.78. The van der Waals surface area contributed by atoms with Crippen LogP contribution in [0.3, 0.4) is 0 Å². The monoisotopic (exact) mass is 268 g/mol. The molecule has 108 valence electrons. The number of rotatable bonds is 3. The second-order valence-corrected chi connectivity index (χ2v) is 5.79. The zero-order valence-electron chi connectivity index (χ0n) is 12.3. The maximum Gasteiger partial charge on any atom is 0.410 e. The molecule has 0 radical (unpaired) electrons. The Balaban J connectivity index is 2.41. The summed E-state index contributed by atoms with van der Waals surface area (Å²) in [7, 11) is 1.72. The van der Waals surface area contributed by atoms with Gasteiger partial charge in [-0.3, -0.25) is 4.90 Å². The van der Waals surface area contributed by atoms with Gasteiger partial charge >= 0.3 is 6.09 Å². The van der Waals surface area contributed by atoms with E-state index in [2.05, 4.69) is 10.8 Å². The molecular formula is C14H24N2O3. The lowest BCUT2D eigenvalue weighted by atomic mass is 10.2. The van der Waals surface area contributed by atoms with E-state index in [9.17, 15) is 4.79 Å². The Labute approximate surface area is 115 Å². The summed E-state index contributed by atoms with van der Waals surface area (Å²) in [5.74, 6) is 2.63. The zero-order valence-corrected chi connectivity index (χ0v) is 12.3. The lowest BCUT2D eigenvalue weighted by molar-refractivity contribution is -0.0409. The Kier molecular flexibility index (Phi) is 5.64. The summed E-state index contributed by atoms with van der Waals surface area (Å²) in [6.07, 6.45) is 4.96. The third-order valence-corrected chi connectivity index (χ3v) is 2.72. The largest absolute Gasteiger partial charge is 0.444 e. The molecule has 0 bridgehead atoms. The molecule has 1 aliphatic heterocycles. The van der Waals surface area contributed by atoms with Gasteiger partial charge in [0.05, 0.1) is 25.8 Å². The van der Waals surface area contributed by atoms with Crippen LogP contribution in [0, 0.1) is 12.3 Å². The molecule has 0 aromatic heterocycles. The highest BCUT2D eigenvalue weighted by atomic mass is 16.6. The Hall–Kier alpha value is -1.25. The Morgan fingerprint density at radius 1 is 1.58 bits per heavy atom. The van der Waals surface area contributed by atoms with E-state index in [-0.39, 0.29) is 12.2 Å². The summed E-state index contributed by atoms with van der Waals surface area (Å²) in [6, 6.07) is 0. The van der Waals surface area contributed by atoms with Crippen LogP contribution in [-0.2, 0) is 9.47 Å². The van der Waals surface area contributed by atoms with Crippen molar-refractivity contribution < 1.29 is 14.3 Å². The van der Waals surface area contributed by atoms with Crippen LogP contribution in [-0.4, -0.2) is 67.4 Å². The number of carbonyl (C=O) groups excluding carboxylic acids is 1. The van der Waals surface area contributed by atoms with Crippen molar-refractivity contribution in [1.29, 1.82) is 0 Å². The summed E-state index contributed by atoms with van der Waals surface area (Å²) >= 11 is 0. The zero-order chi connectivity index (χ0) is 14.5. The quantitative estimate of drug-likeness (QED) is 0.721. The molecule has 0 aromatic carbocycles. The number of hydrogen-bond acceptors (Lipinski definition) is 4. The predicted molar refractivity (Wildman–Crippen MR) is 73.9 cm³/mol. The van der Waals surface area contributed by atoms with E-state index < -0.39 is 5.60 Å². The van der Waals surface area contributed by atoms with Crippen molar-refractivity contribution >= 4 is 6.09 Å². The molecule has 0 saturated carbocycles. The smallest absolute Gasteiger partial charge is 0.410 e. The Morgan fingerprint density at radius 2 is 2.26 bits per heavy atom. The van der Waals surface area contributed by atoms with Crippen LogP contribution in [0.5, 0.6) is 0 Å². The minimum Gasteiger partial charge on any atom is -0.444 e. The van der Waals surface area contributed by atoms with E-state index in [1.165, 1.54) is 0 Å². The molecule has 1 fully saturated rings. The van der Waals surface area contributed by atoms with Crippen molar-refractivity contribution in [1.82, 2.24) is 9.80 Å². The molecule has 19 heavy (non-hydrogen) atoms. The van der Waals surface area contributed by atoms with Gasteiger partial charge in [0.25, 0.3) is 0 Å². The molecule has 1 aliphatic rings. The van der Waals surface area contributed by atoms with Crippen molar-refractivity contribution in [2.24, 2.45) is 0 Å². The van der Waals surface area contributed by atoms with Crippen LogP contribution in [0.25, 0.3) is 0 Å². The van der Waals surface area contributed by atoms with Gasteiger partial charge in [-0.2, -0.15) is 0 Å². The highest BCUT2D eigenvalue weighted by Gasteiger charge is 2.25. The standard InChI is InChI=1S/C14H24N2O3/c1-6-7-16-8-9-18-12(11-16)10-15(5)13(17)19-14(2,3)4/h1,12H,7-11H2,2-5H3. The van der Waals surface area contributed by atoms with Gasteiger partial charge in [-0.15, -0.1) is 6.42 Å². The highest BCUT2D eigenvalue weighted by Crippen LogP contribution is 2.11. The van der Waals surface area contributed by atoms with Crippen LogP contribution in [0.15, 0.2) is 0 Å². The van der Waals surface area contributed by atoms with Crippen LogP contribution < -0.4 is 0 Å². The fraction of sp³-hybridized carbons (Fsp3) is 0.786. The Morgan fingerprint density at radius 3 is 2.84 bits per heavy atom. The van der Waals surface area contributed by atoms with Crippen LogP contribution in [0.2, 0.25) is 0 Å². The highest BCUT2D eigenvalue weighted by molar-refractivity contribution is 5.67. The summed E-state index contributed by atoms with van der Waals surface area (Å²) in [5, 5.41) is 0. The number of hydrogen-bond donors (Lipinski definition) is 0. The van der Waals surface area contributed by atoms with Gasteiger partial charge < -0.3 is 14.4 Å². The first-order valence-corrected chi connectivity index (χ1v) is 6.53. The van der Waals surface area contributed by atoms with Crippen molar-refractivity contribution in [2.45, 2.75) is 32.5 Å². The number of morpholine rings is 1. The van der Waals surface area contributed by atoms with Crippen LogP contribution >= 0.6 is 0 Å². The van der Waals surface area contributed by atoms with Crippen molar-refractivity contribution in [3.63, 3.8) is 0 Å². The van der Waals surface area contributed by atoms with Crippen molar-refractivity contribution in [3.8, 4) is 12.3 Å². The van der Waals surface area contributed by atoms with E-state index in [0.29, 0.717) is 19.7 Å². The normalized spacial score (nSPS) is 20.7. The average molecular weight is 268 g/mol. The first-order valence-electron chi connectivity index (χ1n) is 6.53. The minimum atomic E-state index is -0.478. The molecule has 1 atom stereocenters. The van der Waals surface area contributed by atoms with Gasteiger partial charge in [-0.25, -0.2) is 4.79 Å². The van der Waals surface area contributed by atoms with E-state index in [1.54, 1.807) is 11.9 Å². The lowest BCUT2D eigenvalue weighted by Crippen LogP contribution is -2.48. The number of amides is 1. The topological polar surface area (TPSA) is 42.0 Å². The molecule has 0 aromatic rings. The third kappa shape index (κ3) is 5.95. The summed E-state index contributed by atoms with van der Waals surface area (Å²) in [4.78, 5) is 15.5. The second-order valence-electron chi connectivity index (χ2n) is 5.79. The first-order chi connectivity index (χ1) is 8.81. The number of ether oxygens (including phenoxy) is 2. The summed E-state index contributed by atoms with van der Waals surface area (Å²) in [5.41, 5.74) is -0.478. The molecule has 1 unspecified atom stereocenters. The van der Waals surface area contributed by atoms with Gasteiger partial charge in [0.2, 0.25) is 0 Å². The van der Waals surface area contributed by atoms with E-state index in [0.717, 1.165) is 13.1 Å². The average Bonchev–Trinajstić information content (AvgIpc) is 2.27. The molecule has 0 spiro atoms. The fourth-order valence-corrected chi connectivity index (χ4v) is 1.88. The van der Waals surface area contributed by atoms with Crippen molar-refractivity contribution in [2.75, 3.05) is 39.8 Å². The van der Waals surface area contributed by atoms with Crippen LogP contribution in [0.4, 0.5) is 4.79 Å². The molecule has 1 amide bonds. The molecule has 1 saturated heterocycles. The SMILES string of the molecule is C#CCN1CCOC(CN(C)C(=O)OC(C)(C)C)C1. The van der Waals surface area contributed by atoms with E-state index >= 15 is 0 Å². The van der Waals surface area contributed by atoms with Gasteiger partial charge in [0.1, 0.15) is 5.60 Å². The van der Waals surface area contributed by atoms with Gasteiger partial charge in [-0.1, -0.05) is 5.92 Å². The molecule has 0 aliphatic carbocycles. The predicted octanol–water partition coefficient (Wildman–Crippen LogP) is 1.19. The number of carbonyl (C=O) groups is 1. The maximum atomic E-state index is 11.8.